The van der Waals surface area contributed by atoms with Crippen LogP contribution < -0.4 is 10.6 Å². The van der Waals surface area contributed by atoms with Crippen molar-refractivity contribution in [3.8, 4) is 5.75 Å². The van der Waals surface area contributed by atoms with Crippen molar-refractivity contribution in [1.82, 2.24) is 5.32 Å². The first-order valence-corrected chi connectivity index (χ1v) is 10.1. The first-order chi connectivity index (χ1) is 14.0. The normalized spacial score (nSPS) is 18.8. The molecular weight excluding hydrogens is 387 g/mol. The number of quaternary nitrogens is 1. The van der Waals surface area contributed by atoms with Gasteiger partial charge in [-0.3, -0.25) is 0 Å². The number of aromatic hydroxyl groups is 1. The number of phenols is 1. The van der Waals surface area contributed by atoms with E-state index >= 15 is 0 Å². The fourth-order valence-electron chi connectivity index (χ4n) is 3.70. The van der Waals surface area contributed by atoms with Crippen LogP contribution in [0.15, 0.2) is 72.8 Å². The molecule has 0 saturated carbocycles. The number of nitrogens with two attached hydrogens (primary N) is 1. The number of halogens is 2. The molecule has 0 saturated heterocycles. The number of aryl methyl sites for hydroxylation is 1. The maximum atomic E-state index is 14.5. The molecule has 1 aliphatic rings. The molecule has 1 heterocycles. The minimum atomic E-state index is -0.342. The molecule has 148 valence electrons. The molecule has 2 atom stereocenters. The fraction of sp³-hybridized carbons (Fsp3) is 0.167. The molecule has 0 spiro atoms. The number of phenolic OH excluding ortho intramolecular Hbond substituents is 1. The summed E-state index contributed by atoms with van der Waals surface area (Å²) in [5.41, 5.74) is 4.43. The Morgan fingerprint density at radius 1 is 1.03 bits per heavy atom. The van der Waals surface area contributed by atoms with Gasteiger partial charge >= 0.3 is 0 Å². The molecule has 0 radical (unpaired) electrons. The summed E-state index contributed by atoms with van der Waals surface area (Å²) < 4.78 is 14.5. The molecule has 29 heavy (non-hydrogen) atoms. The second-order valence-electron chi connectivity index (χ2n) is 7.20. The van der Waals surface area contributed by atoms with E-state index in [0.717, 1.165) is 17.7 Å². The Bertz CT molecular complexity index is 1050. The lowest BCUT2D eigenvalue weighted by molar-refractivity contribution is -0.731. The van der Waals surface area contributed by atoms with Crippen LogP contribution in [0.4, 0.5) is 4.39 Å². The smallest absolute Gasteiger partial charge is 0.189 e. The highest BCUT2D eigenvalue weighted by Crippen LogP contribution is 2.31. The minimum Gasteiger partial charge on any atom is -0.507 e. The van der Waals surface area contributed by atoms with Gasteiger partial charge in [0.15, 0.2) is 6.17 Å². The van der Waals surface area contributed by atoms with E-state index < -0.39 is 0 Å². The van der Waals surface area contributed by atoms with Gasteiger partial charge in [-0.05, 0) is 47.9 Å². The molecule has 3 aromatic rings. The van der Waals surface area contributed by atoms with Gasteiger partial charge in [0.25, 0.3) is 0 Å². The Kier molecular flexibility index (Phi) is 5.56. The van der Waals surface area contributed by atoms with Gasteiger partial charge in [-0.15, -0.1) is 0 Å². The maximum Gasteiger partial charge on any atom is 0.189 e. The van der Waals surface area contributed by atoms with E-state index in [9.17, 15) is 9.50 Å². The summed E-state index contributed by atoms with van der Waals surface area (Å²) in [6, 6.07) is 19.9. The first kappa shape index (κ1) is 19.5. The molecule has 2 unspecified atom stereocenters. The van der Waals surface area contributed by atoms with E-state index in [4.69, 9.17) is 11.6 Å². The van der Waals surface area contributed by atoms with E-state index in [1.807, 2.05) is 17.5 Å². The lowest BCUT2D eigenvalue weighted by Crippen LogP contribution is -2.90. The van der Waals surface area contributed by atoms with Crippen LogP contribution in [0.3, 0.4) is 0 Å². The second-order valence-corrected chi connectivity index (χ2v) is 7.63. The first-order valence-electron chi connectivity index (χ1n) is 9.70. The fourth-order valence-corrected chi connectivity index (χ4v) is 3.88. The van der Waals surface area contributed by atoms with Gasteiger partial charge in [-0.25, -0.2) is 4.39 Å². The molecule has 0 aromatic heterocycles. The summed E-state index contributed by atoms with van der Waals surface area (Å²) in [5.74, 6) is -0.0975. The average molecular weight is 410 g/mol. The van der Waals surface area contributed by atoms with Crippen molar-refractivity contribution in [3.05, 3.63) is 106 Å². The van der Waals surface area contributed by atoms with Crippen LogP contribution in [-0.2, 0) is 6.42 Å². The molecule has 3 nitrogen and oxygen atoms in total. The Morgan fingerprint density at radius 3 is 2.52 bits per heavy atom. The van der Waals surface area contributed by atoms with Gasteiger partial charge in [-0.2, -0.15) is 0 Å². The van der Waals surface area contributed by atoms with Gasteiger partial charge in [-0.1, -0.05) is 54.9 Å². The van der Waals surface area contributed by atoms with Crippen LogP contribution in [0.25, 0.3) is 5.70 Å². The minimum absolute atomic E-state index is 0.168. The zero-order valence-corrected chi connectivity index (χ0v) is 16.8. The monoisotopic (exact) mass is 409 g/mol. The van der Waals surface area contributed by atoms with Crippen molar-refractivity contribution in [3.63, 3.8) is 0 Å². The summed E-state index contributed by atoms with van der Waals surface area (Å²) in [6.07, 6.45) is 2.67. The molecule has 3 aromatic carbocycles. The van der Waals surface area contributed by atoms with Gasteiger partial charge in [0.1, 0.15) is 17.6 Å². The molecule has 0 fully saturated rings. The third-order valence-electron chi connectivity index (χ3n) is 5.32. The number of benzene rings is 3. The Labute approximate surface area is 174 Å². The molecule has 1 aliphatic heterocycles. The Balaban J connectivity index is 1.78. The lowest BCUT2D eigenvalue weighted by atomic mass is 9.97. The summed E-state index contributed by atoms with van der Waals surface area (Å²) >= 11 is 6.18. The lowest BCUT2D eigenvalue weighted by Gasteiger charge is -2.30. The Hall–Kier alpha value is -2.82. The van der Waals surface area contributed by atoms with Crippen LogP contribution >= 0.6 is 11.6 Å². The summed E-state index contributed by atoms with van der Waals surface area (Å²) in [4.78, 5) is 0. The highest BCUT2D eigenvalue weighted by atomic mass is 35.5. The van der Waals surface area contributed by atoms with Crippen LogP contribution in [0.5, 0.6) is 5.75 Å². The molecule has 0 aliphatic carbocycles. The summed E-state index contributed by atoms with van der Waals surface area (Å²) in [7, 11) is 0. The van der Waals surface area contributed by atoms with Crippen LogP contribution in [0.1, 0.15) is 41.4 Å². The number of hydrogen-bond acceptors (Lipinski definition) is 2. The summed E-state index contributed by atoms with van der Waals surface area (Å²) in [6.45, 7) is 2.12. The summed E-state index contributed by atoms with van der Waals surface area (Å²) in [5, 5.41) is 16.4. The largest absolute Gasteiger partial charge is 0.507 e. The van der Waals surface area contributed by atoms with Gasteiger partial charge in [0, 0.05) is 16.8 Å². The number of rotatable bonds is 4. The van der Waals surface area contributed by atoms with E-state index in [0.29, 0.717) is 16.1 Å². The number of hydrogen-bond donors (Lipinski definition) is 3. The predicted octanol–water partition coefficient (Wildman–Crippen LogP) is 4.69. The zero-order chi connectivity index (χ0) is 20.4. The molecule has 0 bridgehead atoms. The standard InChI is InChI=1S/C24H22ClFN2O/c1-2-15-7-9-16(10-8-15)21-14-22(19-13-17(25)11-12-23(19)29)28-24(27-21)18-5-3-4-6-20(18)26/h3-14,22,24,27-29H,2H2,1H3/p+1. The highest BCUT2D eigenvalue weighted by Gasteiger charge is 2.30. The van der Waals surface area contributed by atoms with Crippen molar-refractivity contribution < 1.29 is 14.8 Å². The van der Waals surface area contributed by atoms with E-state index in [-0.39, 0.29) is 23.8 Å². The quantitative estimate of drug-likeness (QED) is 0.585. The molecule has 5 heteroatoms. The SMILES string of the molecule is CCc1ccc(C2=CC(c3cc(Cl)ccc3O)[NH2+]C(c3ccccc3F)N2)cc1. The van der Waals surface area contributed by atoms with Crippen molar-refractivity contribution in [2.45, 2.75) is 25.6 Å². The van der Waals surface area contributed by atoms with E-state index in [1.54, 1.807) is 30.3 Å². The van der Waals surface area contributed by atoms with Gasteiger partial charge < -0.3 is 15.7 Å². The molecular formula is C24H23ClFN2O+. The maximum absolute atomic E-state index is 14.5. The van der Waals surface area contributed by atoms with Gasteiger partial charge in [0.05, 0.1) is 11.1 Å². The highest BCUT2D eigenvalue weighted by molar-refractivity contribution is 6.30. The predicted molar refractivity (Wildman–Crippen MR) is 114 cm³/mol. The van der Waals surface area contributed by atoms with Crippen LogP contribution in [0, 0.1) is 5.82 Å². The molecule has 4 N–H and O–H groups in total. The van der Waals surface area contributed by atoms with Crippen LogP contribution in [0.2, 0.25) is 5.02 Å². The zero-order valence-electron chi connectivity index (χ0n) is 16.1. The average Bonchev–Trinajstić information content (AvgIpc) is 2.75. The van der Waals surface area contributed by atoms with Crippen molar-refractivity contribution in [2.24, 2.45) is 0 Å². The molecule has 0 amide bonds. The third kappa shape index (κ3) is 4.14. The van der Waals surface area contributed by atoms with E-state index in [2.05, 4.69) is 36.5 Å². The topological polar surface area (TPSA) is 48.9 Å². The third-order valence-corrected chi connectivity index (χ3v) is 5.55. The van der Waals surface area contributed by atoms with Gasteiger partial charge in [0.2, 0.25) is 0 Å². The number of nitrogens with one attached hydrogen (secondary N) is 1. The molecule has 4 rings (SSSR count). The van der Waals surface area contributed by atoms with Crippen LogP contribution in [-0.4, -0.2) is 5.11 Å². The van der Waals surface area contributed by atoms with E-state index in [1.165, 1.54) is 11.6 Å². The van der Waals surface area contributed by atoms with Crippen molar-refractivity contribution in [1.29, 1.82) is 0 Å². The van der Waals surface area contributed by atoms with Crippen molar-refractivity contribution in [2.75, 3.05) is 0 Å². The van der Waals surface area contributed by atoms with Crippen molar-refractivity contribution >= 4 is 17.3 Å². The Morgan fingerprint density at radius 2 is 1.79 bits per heavy atom. The second kappa shape index (κ2) is 8.27.